The number of halogens is 6. The Kier molecular flexibility index (Phi) is 4.55. The molecule has 0 fully saturated rings. The summed E-state index contributed by atoms with van der Waals surface area (Å²) in [4.78, 5) is 0. The van der Waals surface area contributed by atoms with Crippen molar-refractivity contribution in [2.75, 3.05) is 0 Å². The van der Waals surface area contributed by atoms with Crippen molar-refractivity contribution in [3.63, 3.8) is 0 Å². The third-order valence-corrected chi connectivity index (χ3v) is 3.96. The molecule has 0 aliphatic heterocycles. The molecule has 0 unspecified atom stereocenters. The van der Waals surface area contributed by atoms with Gasteiger partial charge in [0.05, 0.1) is 11.8 Å². The fourth-order valence-corrected chi connectivity index (χ4v) is 2.57. The van der Waals surface area contributed by atoms with Gasteiger partial charge in [0.25, 0.3) is 0 Å². The number of hydrogen-bond donors (Lipinski definition) is 0. The molecule has 8 heteroatoms. The normalized spacial score (nSPS) is 11.6. The lowest BCUT2D eigenvalue weighted by molar-refractivity contribution is -0.138. The lowest BCUT2D eigenvalue weighted by Gasteiger charge is -2.12. The van der Waals surface area contributed by atoms with E-state index in [1.807, 2.05) is 0 Å². The van der Waals surface area contributed by atoms with Gasteiger partial charge in [0.2, 0.25) is 0 Å². The lowest BCUT2D eigenvalue weighted by Crippen LogP contribution is -2.07. The van der Waals surface area contributed by atoms with Crippen LogP contribution in [0.5, 0.6) is 11.5 Å². The molecule has 0 amide bonds. The van der Waals surface area contributed by atoms with Gasteiger partial charge < -0.3 is 9.15 Å². The lowest BCUT2D eigenvalue weighted by atomic mass is 10.1. The van der Waals surface area contributed by atoms with Gasteiger partial charge in [-0.2, -0.15) is 13.2 Å². The monoisotopic (exact) mass is 418 g/mol. The molecule has 2 nitrogen and oxygen atoms in total. The quantitative estimate of drug-likeness (QED) is 0.436. The van der Waals surface area contributed by atoms with Gasteiger partial charge in [-0.25, -0.2) is 8.78 Å². The Balaban J connectivity index is 1.97. The van der Waals surface area contributed by atoms with Crippen molar-refractivity contribution in [3.05, 3.63) is 70.4 Å². The molecule has 130 valence electrons. The average molecular weight is 419 g/mol. The molecular weight excluding hydrogens is 411 g/mol. The summed E-state index contributed by atoms with van der Waals surface area (Å²) in [6, 6.07) is 8.11. The van der Waals surface area contributed by atoms with E-state index in [0.717, 1.165) is 0 Å². The first-order valence-electron chi connectivity index (χ1n) is 6.83. The molecule has 0 aliphatic rings. The summed E-state index contributed by atoms with van der Waals surface area (Å²) < 4.78 is 76.5. The van der Waals surface area contributed by atoms with Gasteiger partial charge in [-0.15, -0.1) is 0 Å². The van der Waals surface area contributed by atoms with Crippen molar-refractivity contribution in [2.45, 2.75) is 6.18 Å². The SMILES string of the molecule is Fc1cc(C(F)(F)F)cc(F)c1Oc1ccc(Br)c(-c2ccco2)c1. The smallest absolute Gasteiger partial charge is 0.416 e. The number of furan rings is 1. The van der Waals surface area contributed by atoms with E-state index in [1.165, 1.54) is 18.4 Å². The van der Waals surface area contributed by atoms with Crippen LogP contribution in [0.15, 0.2) is 57.6 Å². The second-order valence-corrected chi connectivity index (χ2v) is 5.84. The Morgan fingerprint density at radius 3 is 2.20 bits per heavy atom. The summed E-state index contributed by atoms with van der Waals surface area (Å²) in [5, 5.41) is 0. The molecule has 0 saturated carbocycles. The molecule has 0 spiro atoms. The summed E-state index contributed by atoms with van der Waals surface area (Å²) in [7, 11) is 0. The molecule has 1 heterocycles. The third-order valence-electron chi connectivity index (χ3n) is 3.27. The molecule has 3 rings (SSSR count). The van der Waals surface area contributed by atoms with Gasteiger partial charge in [-0.1, -0.05) is 15.9 Å². The number of alkyl halides is 3. The van der Waals surface area contributed by atoms with Crippen LogP contribution < -0.4 is 4.74 Å². The Morgan fingerprint density at radius 1 is 0.960 bits per heavy atom. The highest BCUT2D eigenvalue weighted by molar-refractivity contribution is 9.10. The van der Waals surface area contributed by atoms with E-state index in [9.17, 15) is 22.0 Å². The maximum atomic E-state index is 13.9. The first kappa shape index (κ1) is 17.5. The number of ether oxygens (including phenoxy) is 1. The van der Waals surface area contributed by atoms with Crippen LogP contribution >= 0.6 is 15.9 Å². The predicted molar refractivity (Wildman–Crippen MR) is 83.3 cm³/mol. The van der Waals surface area contributed by atoms with Crippen molar-refractivity contribution in [1.82, 2.24) is 0 Å². The van der Waals surface area contributed by atoms with Crippen LogP contribution in [0.2, 0.25) is 0 Å². The van der Waals surface area contributed by atoms with Crippen LogP contribution in [0.4, 0.5) is 22.0 Å². The van der Waals surface area contributed by atoms with E-state index < -0.39 is 29.1 Å². The summed E-state index contributed by atoms with van der Waals surface area (Å²) in [5.41, 5.74) is -0.878. The molecule has 2 aromatic carbocycles. The molecule has 0 atom stereocenters. The van der Waals surface area contributed by atoms with Gasteiger partial charge in [0.1, 0.15) is 11.5 Å². The second-order valence-electron chi connectivity index (χ2n) is 4.99. The molecule has 3 aromatic rings. The Hall–Kier alpha value is -2.35. The maximum Gasteiger partial charge on any atom is 0.416 e. The summed E-state index contributed by atoms with van der Waals surface area (Å²) in [6.45, 7) is 0. The van der Waals surface area contributed by atoms with Gasteiger partial charge in [0, 0.05) is 10.0 Å². The minimum atomic E-state index is -4.86. The summed E-state index contributed by atoms with van der Waals surface area (Å²) >= 11 is 3.31. The fraction of sp³-hybridized carbons (Fsp3) is 0.0588. The molecule has 25 heavy (non-hydrogen) atoms. The van der Waals surface area contributed by atoms with Gasteiger partial charge in [-0.3, -0.25) is 0 Å². The van der Waals surface area contributed by atoms with E-state index in [1.54, 1.807) is 18.2 Å². The van der Waals surface area contributed by atoms with E-state index in [4.69, 9.17) is 9.15 Å². The van der Waals surface area contributed by atoms with Crippen molar-refractivity contribution < 1.29 is 31.1 Å². The molecular formula is C17H8BrF5O2. The van der Waals surface area contributed by atoms with Gasteiger partial charge in [-0.05, 0) is 42.5 Å². The Bertz CT molecular complexity index is 881. The highest BCUT2D eigenvalue weighted by Gasteiger charge is 2.33. The summed E-state index contributed by atoms with van der Waals surface area (Å²) in [6.07, 6.45) is -3.41. The van der Waals surface area contributed by atoms with Crippen LogP contribution in [-0.2, 0) is 6.18 Å². The van der Waals surface area contributed by atoms with Crippen molar-refractivity contribution >= 4 is 15.9 Å². The number of hydrogen-bond acceptors (Lipinski definition) is 2. The van der Waals surface area contributed by atoms with E-state index in [0.29, 0.717) is 15.8 Å². The van der Waals surface area contributed by atoms with Gasteiger partial charge in [0.15, 0.2) is 17.4 Å². The average Bonchev–Trinajstić information content (AvgIpc) is 3.05. The maximum absolute atomic E-state index is 13.9. The zero-order chi connectivity index (χ0) is 18.2. The molecule has 0 radical (unpaired) electrons. The highest BCUT2D eigenvalue weighted by Crippen LogP contribution is 2.37. The number of benzene rings is 2. The predicted octanol–water partition coefficient (Wildman–Crippen LogP) is 6.80. The van der Waals surface area contributed by atoms with Crippen molar-refractivity contribution in [2.24, 2.45) is 0 Å². The highest BCUT2D eigenvalue weighted by atomic mass is 79.9. The Morgan fingerprint density at radius 2 is 1.64 bits per heavy atom. The van der Waals surface area contributed by atoms with Crippen LogP contribution in [0.25, 0.3) is 11.3 Å². The van der Waals surface area contributed by atoms with Crippen LogP contribution in [0.3, 0.4) is 0 Å². The summed E-state index contributed by atoms with van der Waals surface area (Å²) in [5.74, 6) is -3.30. The Labute approximate surface area is 147 Å². The third kappa shape index (κ3) is 3.68. The zero-order valence-corrected chi connectivity index (χ0v) is 13.8. The minimum Gasteiger partial charge on any atom is -0.464 e. The largest absolute Gasteiger partial charge is 0.464 e. The molecule has 1 aromatic heterocycles. The molecule has 0 aliphatic carbocycles. The van der Waals surface area contributed by atoms with Crippen molar-refractivity contribution in [3.8, 4) is 22.8 Å². The molecule has 0 bridgehead atoms. The molecule has 0 saturated heterocycles. The minimum absolute atomic E-state index is 0.0344. The number of rotatable bonds is 3. The van der Waals surface area contributed by atoms with Gasteiger partial charge >= 0.3 is 6.18 Å². The first-order valence-corrected chi connectivity index (χ1v) is 7.62. The van der Waals surface area contributed by atoms with Crippen LogP contribution in [0, 0.1) is 11.6 Å². The first-order chi connectivity index (χ1) is 11.8. The second kappa shape index (κ2) is 6.51. The van der Waals surface area contributed by atoms with Crippen LogP contribution in [0.1, 0.15) is 5.56 Å². The van der Waals surface area contributed by atoms with E-state index in [2.05, 4.69) is 15.9 Å². The fourth-order valence-electron chi connectivity index (χ4n) is 2.13. The van der Waals surface area contributed by atoms with Crippen LogP contribution in [-0.4, -0.2) is 0 Å². The van der Waals surface area contributed by atoms with E-state index in [-0.39, 0.29) is 17.9 Å². The zero-order valence-electron chi connectivity index (χ0n) is 12.2. The van der Waals surface area contributed by atoms with Crippen molar-refractivity contribution in [1.29, 1.82) is 0 Å². The standard InChI is InChI=1S/C17H8BrF5O2/c18-12-4-3-10(8-11(12)15-2-1-5-24-15)25-16-13(19)6-9(7-14(16)20)17(21,22)23/h1-8H. The molecule has 0 N–H and O–H groups in total. The topological polar surface area (TPSA) is 22.4 Å². The van der Waals surface area contributed by atoms with E-state index >= 15 is 0 Å².